The second-order valence-electron chi connectivity index (χ2n) is 8.23. The van der Waals surface area contributed by atoms with Crippen LogP contribution in [0.1, 0.15) is 22.3 Å². The molecule has 1 fully saturated rings. The van der Waals surface area contributed by atoms with Gasteiger partial charge in [-0.15, -0.1) is 0 Å². The molecular formula is C25H22ClN5O4S. The maximum Gasteiger partial charge on any atom is 0.235 e. The van der Waals surface area contributed by atoms with Crippen LogP contribution in [0.15, 0.2) is 73.0 Å². The van der Waals surface area contributed by atoms with E-state index in [1.54, 1.807) is 24.4 Å². The van der Waals surface area contributed by atoms with E-state index in [1.807, 2.05) is 30.3 Å². The highest BCUT2D eigenvalue weighted by Gasteiger charge is 2.30. The zero-order valence-electron chi connectivity index (χ0n) is 19.0. The Bertz CT molecular complexity index is 1560. The number of aromatic amines is 1. The molecule has 2 aromatic heterocycles. The first-order valence-electron chi connectivity index (χ1n) is 11.1. The SMILES string of the molecule is C=CS(=O)(=O)N1CCC(Nc2ncnc3[nH]cc(C(=O)c4ccc(Oc5ccccc5)cc4Cl)c23)C1. The molecule has 0 aliphatic carbocycles. The molecule has 1 saturated heterocycles. The molecule has 0 spiro atoms. The molecule has 11 heteroatoms. The van der Waals surface area contributed by atoms with E-state index in [4.69, 9.17) is 16.3 Å². The summed E-state index contributed by atoms with van der Waals surface area (Å²) in [5.41, 5.74) is 1.13. The molecule has 1 atom stereocenters. The predicted octanol–water partition coefficient (Wildman–Crippen LogP) is 4.59. The van der Waals surface area contributed by atoms with Crippen molar-refractivity contribution in [2.75, 3.05) is 18.4 Å². The number of nitrogens with zero attached hydrogens (tertiary/aromatic N) is 3. The largest absolute Gasteiger partial charge is 0.457 e. The van der Waals surface area contributed by atoms with Crippen LogP contribution >= 0.6 is 11.6 Å². The van der Waals surface area contributed by atoms with Crippen molar-refractivity contribution >= 4 is 44.3 Å². The Morgan fingerprint density at radius 3 is 2.72 bits per heavy atom. The molecule has 2 aromatic carbocycles. The van der Waals surface area contributed by atoms with Crippen LogP contribution < -0.4 is 10.1 Å². The van der Waals surface area contributed by atoms with Gasteiger partial charge in [-0.3, -0.25) is 4.79 Å². The van der Waals surface area contributed by atoms with Crippen molar-refractivity contribution < 1.29 is 17.9 Å². The second-order valence-corrected chi connectivity index (χ2v) is 10.5. The van der Waals surface area contributed by atoms with E-state index in [0.29, 0.717) is 52.4 Å². The molecule has 0 amide bonds. The fourth-order valence-corrected chi connectivity index (χ4v) is 5.36. The van der Waals surface area contributed by atoms with Crippen molar-refractivity contribution in [1.82, 2.24) is 19.3 Å². The van der Waals surface area contributed by atoms with Crippen molar-refractivity contribution in [2.24, 2.45) is 0 Å². The number of nitrogens with one attached hydrogen (secondary N) is 2. The lowest BCUT2D eigenvalue weighted by atomic mass is 10.0. The highest BCUT2D eigenvalue weighted by molar-refractivity contribution is 7.92. The van der Waals surface area contributed by atoms with Crippen LogP contribution in [0.4, 0.5) is 5.82 Å². The van der Waals surface area contributed by atoms with Gasteiger partial charge >= 0.3 is 0 Å². The van der Waals surface area contributed by atoms with E-state index >= 15 is 0 Å². The number of carbonyl (C=O) groups is 1. The summed E-state index contributed by atoms with van der Waals surface area (Å²) in [4.78, 5) is 25.1. The lowest BCUT2D eigenvalue weighted by molar-refractivity contribution is 0.104. The fraction of sp³-hybridized carbons (Fsp3) is 0.160. The Balaban J connectivity index is 1.41. The van der Waals surface area contributed by atoms with Crippen LogP contribution in [0.2, 0.25) is 5.02 Å². The van der Waals surface area contributed by atoms with Gasteiger partial charge in [-0.1, -0.05) is 36.4 Å². The van der Waals surface area contributed by atoms with Gasteiger partial charge in [0.2, 0.25) is 10.0 Å². The Labute approximate surface area is 212 Å². The van der Waals surface area contributed by atoms with Gasteiger partial charge in [0.15, 0.2) is 5.78 Å². The number of fused-ring (bicyclic) bond motifs is 1. The minimum Gasteiger partial charge on any atom is -0.457 e. The molecule has 3 heterocycles. The maximum absolute atomic E-state index is 13.5. The molecule has 9 nitrogen and oxygen atoms in total. The summed E-state index contributed by atoms with van der Waals surface area (Å²) in [5.74, 6) is 1.29. The number of rotatable bonds is 8. The van der Waals surface area contributed by atoms with Gasteiger partial charge in [-0.25, -0.2) is 18.4 Å². The van der Waals surface area contributed by atoms with E-state index in [9.17, 15) is 13.2 Å². The van der Waals surface area contributed by atoms with Crippen LogP contribution in [0.3, 0.4) is 0 Å². The first-order valence-corrected chi connectivity index (χ1v) is 13.0. The Morgan fingerprint density at radius 2 is 1.97 bits per heavy atom. The third-order valence-electron chi connectivity index (χ3n) is 5.94. The van der Waals surface area contributed by atoms with Gasteiger partial charge in [0, 0.05) is 42.4 Å². The average molecular weight is 524 g/mol. The summed E-state index contributed by atoms with van der Waals surface area (Å²) in [6.45, 7) is 4.02. The number of ketones is 1. The van der Waals surface area contributed by atoms with Crippen molar-refractivity contribution in [3.05, 3.63) is 89.2 Å². The molecule has 184 valence electrons. The summed E-state index contributed by atoms with van der Waals surface area (Å²) in [7, 11) is -3.50. The highest BCUT2D eigenvalue weighted by Crippen LogP contribution is 2.32. The summed E-state index contributed by atoms with van der Waals surface area (Å²) >= 11 is 6.48. The normalized spacial score (nSPS) is 16.2. The van der Waals surface area contributed by atoms with Crippen LogP contribution in [0.5, 0.6) is 11.5 Å². The van der Waals surface area contributed by atoms with Gasteiger partial charge in [0.05, 0.1) is 16.0 Å². The van der Waals surface area contributed by atoms with Crippen LogP contribution in [-0.2, 0) is 10.0 Å². The molecule has 1 aliphatic rings. The third-order valence-corrected chi connectivity index (χ3v) is 7.73. The summed E-state index contributed by atoms with van der Waals surface area (Å²) in [6.07, 6.45) is 3.53. The number of ether oxygens (including phenoxy) is 1. The number of hydrogen-bond donors (Lipinski definition) is 2. The van der Waals surface area contributed by atoms with Gasteiger partial charge in [0.1, 0.15) is 29.3 Å². The van der Waals surface area contributed by atoms with E-state index in [2.05, 4.69) is 26.8 Å². The maximum atomic E-state index is 13.5. The van der Waals surface area contributed by atoms with E-state index in [-0.39, 0.29) is 23.4 Å². The molecule has 5 rings (SSSR count). The van der Waals surface area contributed by atoms with Crippen molar-refractivity contribution in [2.45, 2.75) is 12.5 Å². The van der Waals surface area contributed by atoms with E-state index < -0.39 is 10.0 Å². The van der Waals surface area contributed by atoms with Gasteiger partial charge in [0.25, 0.3) is 0 Å². The molecule has 0 bridgehead atoms. The van der Waals surface area contributed by atoms with Gasteiger partial charge in [-0.05, 0) is 30.7 Å². The number of H-pyrrole nitrogens is 1. The first-order chi connectivity index (χ1) is 17.4. The zero-order valence-corrected chi connectivity index (χ0v) is 20.6. The molecule has 4 aromatic rings. The number of benzene rings is 2. The number of carbonyl (C=O) groups excluding carboxylic acids is 1. The van der Waals surface area contributed by atoms with Crippen molar-refractivity contribution in [3.8, 4) is 11.5 Å². The van der Waals surface area contributed by atoms with Gasteiger partial charge < -0.3 is 15.0 Å². The Hall–Kier alpha value is -3.73. The molecular weight excluding hydrogens is 502 g/mol. The molecule has 1 aliphatic heterocycles. The third kappa shape index (κ3) is 4.70. The van der Waals surface area contributed by atoms with Crippen LogP contribution in [-0.4, -0.2) is 52.6 Å². The quantitative estimate of drug-likeness (QED) is 0.324. The minimum absolute atomic E-state index is 0.186. The molecule has 36 heavy (non-hydrogen) atoms. The highest BCUT2D eigenvalue weighted by atomic mass is 35.5. The van der Waals surface area contributed by atoms with Crippen molar-refractivity contribution in [1.29, 1.82) is 0 Å². The van der Waals surface area contributed by atoms with Crippen molar-refractivity contribution in [3.63, 3.8) is 0 Å². The fourth-order valence-electron chi connectivity index (χ4n) is 4.14. The number of hydrogen-bond acceptors (Lipinski definition) is 7. The molecule has 1 unspecified atom stereocenters. The van der Waals surface area contributed by atoms with Gasteiger partial charge in [-0.2, -0.15) is 4.31 Å². The topological polar surface area (TPSA) is 117 Å². The smallest absolute Gasteiger partial charge is 0.235 e. The predicted molar refractivity (Wildman–Crippen MR) is 138 cm³/mol. The van der Waals surface area contributed by atoms with E-state index in [1.165, 1.54) is 10.6 Å². The van der Waals surface area contributed by atoms with Crippen LogP contribution in [0.25, 0.3) is 11.0 Å². The number of aromatic nitrogens is 3. The lowest BCUT2D eigenvalue weighted by Crippen LogP contribution is -2.30. The number of sulfonamides is 1. The Kier molecular flexibility index (Phi) is 6.48. The molecule has 0 saturated carbocycles. The summed E-state index contributed by atoms with van der Waals surface area (Å²) in [5, 5.41) is 4.98. The second kappa shape index (κ2) is 9.73. The number of halogens is 1. The minimum atomic E-state index is -3.50. The number of para-hydroxylation sites is 1. The Morgan fingerprint density at radius 1 is 1.17 bits per heavy atom. The summed E-state index contributed by atoms with van der Waals surface area (Å²) < 4.78 is 31.4. The standard InChI is InChI=1S/C25H22ClN5O4S/c1-2-36(33,34)31-11-10-16(14-31)30-25-22-20(13-27-24(22)28-15-29-25)23(32)19-9-8-18(12-21(19)26)35-17-6-4-3-5-7-17/h2-9,12-13,15-16H,1,10-11,14H2,(H2,27,28,29,30). The van der Waals surface area contributed by atoms with E-state index in [0.717, 1.165) is 5.41 Å². The lowest BCUT2D eigenvalue weighted by Gasteiger charge is -2.16. The molecule has 0 radical (unpaired) electrons. The first kappa shape index (κ1) is 24.0. The summed E-state index contributed by atoms with van der Waals surface area (Å²) in [6, 6.07) is 14.0. The molecule has 2 N–H and O–H groups in total. The zero-order chi connectivity index (χ0) is 25.3. The number of anilines is 1. The monoisotopic (exact) mass is 523 g/mol. The average Bonchev–Trinajstić information content (AvgIpc) is 3.53. The van der Waals surface area contributed by atoms with Crippen LogP contribution in [0, 0.1) is 0 Å².